The third-order valence-corrected chi connectivity index (χ3v) is 3.40. The van der Waals surface area contributed by atoms with Crippen LogP contribution < -0.4 is 25.1 Å². The number of rotatable bonds is 7. The minimum atomic E-state index is -3.00. The van der Waals surface area contributed by atoms with E-state index < -0.39 is 18.4 Å². The molecule has 2 amide bonds. The van der Waals surface area contributed by atoms with Gasteiger partial charge in [-0.25, -0.2) is 0 Å². The molecule has 2 N–H and O–H groups in total. The Balaban J connectivity index is 2.02. The number of hydrogen-bond acceptors (Lipinski definition) is 5. The van der Waals surface area contributed by atoms with E-state index in [4.69, 9.17) is 9.47 Å². The molecule has 0 bridgehead atoms. The van der Waals surface area contributed by atoms with Crippen LogP contribution in [0.25, 0.3) is 0 Å². The summed E-state index contributed by atoms with van der Waals surface area (Å²) >= 11 is 0. The second-order valence-electron chi connectivity index (χ2n) is 5.85. The standard InChI is InChI=1S/C19H20F2N2O5/c1-11(2)27-15-8-7-13(10-16(15)26-3)18(25)23-22-17(24)12-5-4-6-14(9-12)28-19(20)21/h4-11,19H,1-3H3,(H,22,24)(H,23,25). The molecule has 0 spiro atoms. The molecule has 0 radical (unpaired) electrons. The van der Waals surface area contributed by atoms with Gasteiger partial charge in [-0.05, 0) is 50.2 Å². The molecule has 2 rings (SSSR count). The molecule has 0 atom stereocenters. The number of halogens is 2. The van der Waals surface area contributed by atoms with E-state index >= 15 is 0 Å². The van der Waals surface area contributed by atoms with Gasteiger partial charge in [-0.2, -0.15) is 8.78 Å². The molecule has 0 aliphatic heterocycles. The molecule has 0 aromatic heterocycles. The maximum absolute atomic E-state index is 12.3. The van der Waals surface area contributed by atoms with Crippen molar-refractivity contribution < 1.29 is 32.6 Å². The summed E-state index contributed by atoms with van der Waals surface area (Å²) in [6.07, 6.45) is -0.0716. The molecule has 0 unspecified atom stereocenters. The number of amides is 2. The minimum absolute atomic E-state index is 0.0386. The maximum Gasteiger partial charge on any atom is 0.387 e. The summed E-state index contributed by atoms with van der Waals surface area (Å²) in [5.41, 5.74) is 4.72. The molecule has 150 valence electrons. The van der Waals surface area contributed by atoms with Crippen molar-refractivity contribution in [3.63, 3.8) is 0 Å². The zero-order valence-electron chi connectivity index (χ0n) is 15.5. The summed E-state index contributed by atoms with van der Waals surface area (Å²) in [7, 11) is 1.44. The van der Waals surface area contributed by atoms with E-state index in [0.717, 1.165) is 6.07 Å². The highest BCUT2D eigenvalue weighted by Crippen LogP contribution is 2.28. The largest absolute Gasteiger partial charge is 0.493 e. The van der Waals surface area contributed by atoms with Crippen molar-refractivity contribution in [2.75, 3.05) is 7.11 Å². The summed E-state index contributed by atoms with van der Waals surface area (Å²) < 4.78 is 39.5. The molecule has 2 aromatic carbocycles. The maximum atomic E-state index is 12.3. The van der Waals surface area contributed by atoms with Gasteiger partial charge in [0.25, 0.3) is 11.8 Å². The van der Waals surface area contributed by atoms with Crippen molar-refractivity contribution in [2.24, 2.45) is 0 Å². The number of carbonyl (C=O) groups is 2. The molecule has 28 heavy (non-hydrogen) atoms. The minimum Gasteiger partial charge on any atom is -0.493 e. The molecule has 0 aliphatic rings. The second-order valence-corrected chi connectivity index (χ2v) is 5.85. The summed E-state index contributed by atoms with van der Waals surface area (Å²) in [6.45, 7) is 0.712. The zero-order valence-corrected chi connectivity index (χ0v) is 15.5. The van der Waals surface area contributed by atoms with Gasteiger partial charge in [0, 0.05) is 11.1 Å². The van der Waals surface area contributed by atoms with Crippen molar-refractivity contribution in [1.29, 1.82) is 0 Å². The third-order valence-electron chi connectivity index (χ3n) is 3.40. The highest BCUT2D eigenvalue weighted by molar-refractivity contribution is 5.99. The lowest BCUT2D eigenvalue weighted by Crippen LogP contribution is -2.41. The number of carbonyl (C=O) groups excluding carboxylic acids is 2. The number of benzene rings is 2. The molecule has 0 aliphatic carbocycles. The smallest absolute Gasteiger partial charge is 0.387 e. The van der Waals surface area contributed by atoms with Gasteiger partial charge in [0.05, 0.1) is 13.2 Å². The first-order chi connectivity index (χ1) is 13.3. The normalized spacial score (nSPS) is 10.5. The van der Waals surface area contributed by atoms with Crippen LogP contribution in [0.15, 0.2) is 42.5 Å². The number of ether oxygens (including phenoxy) is 3. The predicted molar refractivity (Wildman–Crippen MR) is 96.8 cm³/mol. The van der Waals surface area contributed by atoms with E-state index in [2.05, 4.69) is 15.6 Å². The predicted octanol–water partition coefficient (Wildman–Crippen LogP) is 3.16. The SMILES string of the molecule is COc1cc(C(=O)NNC(=O)c2cccc(OC(F)F)c2)ccc1OC(C)C. The fraction of sp³-hybridized carbons (Fsp3) is 0.263. The number of nitrogens with one attached hydrogen (secondary N) is 2. The van der Waals surface area contributed by atoms with Gasteiger partial charge in [-0.1, -0.05) is 6.07 Å². The van der Waals surface area contributed by atoms with Crippen molar-refractivity contribution in [3.8, 4) is 17.2 Å². The molecule has 0 saturated carbocycles. The van der Waals surface area contributed by atoms with Crippen LogP contribution in [0.5, 0.6) is 17.2 Å². The Morgan fingerprint density at radius 1 is 0.893 bits per heavy atom. The lowest BCUT2D eigenvalue weighted by atomic mass is 10.2. The van der Waals surface area contributed by atoms with Crippen LogP contribution in [-0.4, -0.2) is 31.6 Å². The van der Waals surface area contributed by atoms with Gasteiger partial charge < -0.3 is 14.2 Å². The number of methoxy groups -OCH3 is 1. The van der Waals surface area contributed by atoms with E-state index in [0.29, 0.717) is 11.5 Å². The lowest BCUT2D eigenvalue weighted by Gasteiger charge is -2.14. The van der Waals surface area contributed by atoms with Gasteiger partial charge in [0.2, 0.25) is 0 Å². The summed E-state index contributed by atoms with van der Waals surface area (Å²) in [5, 5.41) is 0. The molecule has 0 fully saturated rings. The van der Waals surface area contributed by atoms with Crippen LogP contribution >= 0.6 is 0 Å². The Kier molecular flexibility index (Phi) is 7.14. The Morgan fingerprint density at radius 2 is 1.54 bits per heavy atom. The van der Waals surface area contributed by atoms with E-state index in [-0.39, 0.29) is 23.0 Å². The van der Waals surface area contributed by atoms with Crippen LogP contribution in [0.2, 0.25) is 0 Å². The van der Waals surface area contributed by atoms with E-state index in [9.17, 15) is 18.4 Å². The number of alkyl halides is 2. The second kappa shape index (κ2) is 9.54. The van der Waals surface area contributed by atoms with Crippen LogP contribution in [-0.2, 0) is 0 Å². The molecule has 7 nitrogen and oxygen atoms in total. The van der Waals surface area contributed by atoms with Gasteiger partial charge in [0.15, 0.2) is 11.5 Å². The summed E-state index contributed by atoms with van der Waals surface area (Å²) in [5.74, 6) is -0.611. The molecule has 0 heterocycles. The Hall–Kier alpha value is -3.36. The van der Waals surface area contributed by atoms with Crippen LogP contribution in [0.1, 0.15) is 34.6 Å². The van der Waals surface area contributed by atoms with E-state index in [1.807, 2.05) is 13.8 Å². The molecule has 0 saturated heterocycles. The van der Waals surface area contributed by atoms with E-state index in [1.54, 1.807) is 6.07 Å². The Bertz CT molecular complexity index is 843. The number of hydrogen-bond donors (Lipinski definition) is 2. The van der Waals surface area contributed by atoms with E-state index in [1.165, 1.54) is 37.4 Å². The lowest BCUT2D eigenvalue weighted by molar-refractivity contribution is -0.0498. The van der Waals surface area contributed by atoms with Crippen molar-refractivity contribution in [1.82, 2.24) is 10.9 Å². The van der Waals surface area contributed by atoms with Crippen LogP contribution in [0.4, 0.5) is 8.78 Å². The monoisotopic (exact) mass is 394 g/mol. The quantitative estimate of drug-likeness (QED) is 0.705. The van der Waals surface area contributed by atoms with Gasteiger partial charge in [-0.3, -0.25) is 20.4 Å². The fourth-order valence-corrected chi connectivity index (χ4v) is 2.23. The van der Waals surface area contributed by atoms with Crippen molar-refractivity contribution in [2.45, 2.75) is 26.6 Å². The average Bonchev–Trinajstić information content (AvgIpc) is 2.65. The molecular weight excluding hydrogens is 374 g/mol. The topological polar surface area (TPSA) is 85.9 Å². The highest BCUT2D eigenvalue weighted by Gasteiger charge is 2.14. The third kappa shape index (κ3) is 5.83. The summed E-state index contributed by atoms with van der Waals surface area (Å²) in [4.78, 5) is 24.4. The molecule has 2 aromatic rings. The summed E-state index contributed by atoms with van der Waals surface area (Å²) in [6, 6.07) is 9.76. The zero-order chi connectivity index (χ0) is 20.7. The average molecular weight is 394 g/mol. The van der Waals surface area contributed by atoms with Gasteiger partial charge in [0.1, 0.15) is 5.75 Å². The highest BCUT2D eigenvalue weighted by atomic mass is 19.3. The first-order valence-electron chi connectivity index (χ1n) is 8.30. The molecule has 9 heteroatoms. The Morgan fingerprint density at radius 3 is 2.11 bits per heavy atom. The Labute approximate surface area is 160 Å². The van der Waals surface area contributed by atoms with Crippen molar-refractivity contribution >= 4 is 11.8 Å². The van der Waals surface area contributed by atoms with Crippen LogP contribution in [0, 0.1) is 0 Å². The molecular formula is C19H20F2N2O5. The van der Waals surface area contributed by atoms with Gasteiger partial charge >= 0.3 is 6.61 Å². The fourth-order valence-electron chi connectivity index (χ4n) is 2.23. The first kappa shape index (κ1) is 20.9. The van der Waals surface area contributed by atoms with Gasteiger partial charge in [-0.15, -0.1) is 0 Å². The number of hydrazine groups is 1. The van der Waals surface area contributed by atoms with Crippen LogP contribution in [0.3, 0.4) is 0 Å². The first-order valence-corrected chi connectivity index (χ1v) is 8.30. The van der Waals surface area contributed by atoms with Crippen molar-refractivity contribution in [3.05, 3.63) is 53.6 Å².